The molecule has 5 heteroatoms. The van der Waals surface area contributed by atoms with Crippen molar-refractivity contribution in [3.8, 4) is 0 Å². The molecule has 1 aromatic heterocycles. The summed E-state index contributed by atoms with van der Waals surface area (Å²) in [4.78, 5) is 31.7. The highest BCUT2D eigenvalue weighted by atomic mass is 16.2. The monoisotopic (exact) mass is 363 g/mol. The summed E-state index contributed by atoms with van der Waals surface area (Å²) in [5, 5.41) is 3.02. The summed E-state index contributed by atoms with van der Waals surface area (Å²) < 4.78 is 0. The van der Waals surface area contributed by atoms with Crippen LogP contribution in [0.5, 0.6) is 0 Å². The molecule has 0 radical (unpaired) electrons. The number of benzene rings is 1. The van der Waals surface area contributed by atoms with Gasteiger partial charge in [-0.05, 0) is 37.5 Å². The predicted molar refractivity (Wildman–Crippen MR) is 103 cm³/mol. The van der Waals surface area contributed by atoms with Gasteiger partial charge in [0, 0.05) is 31.1 Å². The molecule has 0 spiro atoms. The number of nitrogens with zero attached hydrogens (tertiary/aromatic N) is 2. The van der Waals surface area contributed by atoms with E-state index in [1.165, 1.54) is 5.56 Å². The van der Waals surface area contributed by atoms with Crippen LogP contribution < -0.4 is 5.32 Å². The van der Waals surface area contributed by atoms with Crippen LogP contribution >= 0.6 is 0 Å². The third kappa shape index (κ3) is 4.02. The first kappa shape index (κ1) is 17.7. The zero-order valence-corrected chi connectivity index (χ0v) is 15.6. The molecule has 2 unspecified atom stereocenters. The number of aryl methyl sites for hydroxylation is 1. The Morgan fingerprint density at radius 1 is 1.11 bits per heavy atom. The summed E-state index contributed by atoms with van der Waals surface area (Å²) in [7, 11) is 0. The topological polar surface area (TPSA) is 62.3 Å². The Labute approximate surface area is 159 Å². The first-order valence-corrected chi connectivity index (χ1v) is 9.65. The van der Waals surface area contributed by atoms with Crippen molar-refractivity contribution in [1.82, 2.24) is 15.2 Å². The van der Waals surface area contributed by atoms with E-state index in [0.717, 1.165) is 24.1 Å². The largest absolute Gasteiger partial charge is 0.350 e. The van der Waals surface area contributed by atoms with Crippen molar-refractivity contribution in [3.63, 3.8) is 0 Å². The molecule has 4 rings (SSSR count). The van der Waals surface area contributed by atoms with E-state index < -0.39 is 0 Å². The van der Waals surface area contributed by atoms with Crippen LogP contribution in [0.4, 0.5) is 0 Å². The molecule has 0 bridgehead atoms. The van der Waals surface area contributed by atoms with Crippen LogP contribution in [0, 0.1) is 18.8 Å². The third-order valence-corrected chi connectivity index (χ3v) is 5.57. The Hall–Kier alpha value is -2.69. The van der Waals surface area contributed by atoms with E-state index in [1.807, 2.05) is 23.1 Å². The molecule has 1 aliphatic heterocycles. The highest BCUT2D eigenvalue weighted by molar-refractivity contribution is 5.85. The van der Waals surface area contributed by atoms with Crippen molar-refractivity contribution in [3.05, 3.63) is 65.5 Å². The maximum Gasteiger partial charge on any atom is 0.225 e. The van der Waals surface area contributed by atoms with Crippen LogP contribution in [0.15, 0.2) is 48.7 Å². The molecule has 2 aromatic rings. The Kier molecular flexibility index (Phi) is 4.92. The van der Waals surface area contributed by atoms with E-state index in [0.29, 0.717) is 19.6 Å². The molecule has 1 aromatic carbocycles. The zero-order chi connectivity index (χ0) is 18.8. The summed E-state index contributed by atoms with van der Waals surface area (Å²) in [5.74, 6) is 0.208. The second-order valence-electron chi connectivity index (χ2n) is 7.68. The van der Waals surface area contributed by atoms with E-state index in [9.17, 15) is 9.59 Å². The summed E-state index contributed by atoms with van der Waals surface area (Å²) >= 11 is 0. The molecule has 27 heavy (non-hydrogen) atoms. The lowest BCUT2D eigenvalue weighted by Gasteiger charge is -2.18. The number of nitrogens with one attached hydrogen (secondary N) is 1. The lowest BCUT2D eigenvalue weighted by Crippen LogP contribution is -2.35. The average Bonchev–Trinajstić information content (AvgIpc) is 3.45. The normalized spacial score (nSPS) is 21.9. The van der Waals surface area contributed by atoms with Gasteiger partial charge >= 0.3 is 0 Å². The fourth-order valence-corrected chi connectivity index (χ4v) is 3.80. The third-order valence-electron chi connectivity index (χ3n) is 5.57. The molecule has 1 aliphatic carbocycles. The van der Waals surface area contributed by atoms with Gasteiger partial charge < -0.3 is 10.2 Å². The minimum Gasteiger partial charge on any atom is -0.350 e. The first-order chi connectivity index (χ1) is 13.1. The summed E-state index contributed by atoms with van der Waals surface area (Å²) in [6.07, 6.45) is 3.70. The van der Waals surface area contributed by atoms with Crippen molar-refractivity contribution in [1.29, 1.82) is 0 Å². The maximum absolute atomic E-state index is 12.9. The van der Waals surface area contributed by atoms with Gasteiger partial charge in [-0.2, -0.15) is 0 Å². The second-order valence-corrected chi connectivity index (χ2v) is 7.68. The number of aromatic nitrogens is 1. The van der Waals surface area contributed by atoms with E-state index >= 15 is 0 Å². The zero-order valence-electron chi connectivity index (χ0n) is 15.6. The minimum absolute atomic E-state index is 0.00248. The SMILES string of the molecule is Cc1ccc(C2CN(C(=O)C3CC3)CC2C(=O)NCc2ccccn2)cc1. The predicted octanol–water partition coefficient (Wildman–Crippen LogP) is 2.66. The number of amides is 2. The highest BCUT2D eigenvalue weighted by Crippen LogP contribution is 2.38. The van der Waals surface area contributed by atoms with Gasteiger partial charge in [0.05, 0.1) is 18.2 Å². The standard InChI is InChI=1S/C22H25N3O2/c1-15-5-7-16(8-6-15)19-13-25(22(27)17-9-10-17)14-20(19)21(26)24-12-18-4-2-3-11-23-18/h2-8,11,17,19-20H,9-10,12-14H2,1H3,(H,24,26). The van der Waals surface area contributed by atoms with Gasteiger partial charge in [-0.3, -0.25) is 14.6 Å². The van der Waals surface area contributed by atoms with Gasteiger partial charge in [-0.1, -0.05) is 35.9 Å². The van der Waals surface area contributed by atoms with Crippen LogP contribution in [0.3, 0.4) is 0 Å². The lowest BCUT2D eigenvalue weighted by atomic mass is 9.88. The Morgan fingerprint density at radius 3 is 2.56 bits per heavy atom. The molecular formula is C22H25N3O2. The Bertz CT molecular complexity index is 815. The minimum atomic E-state index is -0.223. The molecule has 1 N–H and O–H groups in total. The summed E-state index contributed by atoms with van der Waals surface area (Å²) in [5.41, 5.74) is 3.16. The average molecular weight is 363 g/mol. The van der Waals surface area contributed by atoms with Gasteiger partial charge in [-0.15, -0.1) is 0 Å². The van der Waals surface area contributed by atoms with Gasteiger partial charge in [0.1, 0.15) is 0 Å². The van der Waals surface area contributed by atoms with Gasteiger partial charge in [0.15, 0.2) is 0 Å². The number of carbonyl (C=O) groups is 2. The van der Waals surface area contributed by atoms with Crippen LogP contribution in [-0.4, -0.2) is 34.8 Å². The molecule has 2 atom stereocenters. The van der Waals surface area contributed by atoms with Crippen LogP contribution in [0.25, 0.3) is 0 Å². The van der Waals surface area contributed by atoms with E-state index in [4.69, 9.17) is 0 Å². The van der Waals surface area contributed by atoms with Crippen molar-refractivity contribution in [2.24, 2.45) is 11.8 Å². The van der Waals surface area contributed by atoms with Crippen LogP contribution in [0.1, 0.15) is 35.6 Å². The number of rotatable bonds is 5. The van der Waals surface area contributed by atoms with E-state index in [-0.39, 0.29) is 29.6 Å². The van der Waals surface area contributed by atoms with Crippen molar-refractivity contribution < 1.29 is 9.59 Å². The first-order valence-electron chi connectivity index (χ1n) is 9.65. The molecule has 140 valence electrons. The molecule has 2 heterocycles. The van der Waals surface area contributed by atoms with Gasteiger partial charge in [0.25, 0.3) is 0 Å². The number of pyridine rings is 1. The van der Waals surface area contributed by atoms with Crippen LogP contribution in [0.2, 0.25) is 0 Å². The number of carbonyl (C=O) groups excluding carboxylic acids is 2. The molecule has 1 saturated carbocycles. The van der Waals surface area contributed by atoms with Gasteiger partial charge in [-0.25, -0.2) is 0 Å². The van der Waals surface area contributed by atoms with E-state index in [2.05, 4.69) is 41.5 Å². The van der Waals surface area contributed by atoms with Crippen LogP contribution in [-0.2, 0) is 16.1 Å². The molecule has 2 aliphatic rings. The van der Waals surface area contributed by atoms with E-state index in [1.54, 1.807) is 6.20 Å². The fourth-order valence-electron chi connectivity index (χ4n) is 3.80. The second kappa shape index (κ2) is 7.51. The van der Waals surface area contributed by atoms with Crippen molar-refractivity contribution >= 4 is 11.8 Å². The van der Waals surface area contributed by atoms with Crippen molar-refractivity contribution in [2.75, 3.05) is 13.1 Å². The lowest BCUT2D eigenvalue weighted by molar-refractivity contribution is -0.132. The smallest absolute Gasteiger partial charge is 0.225 e. The number of hydrogen-bond acceptors (Lipinski definition) is 3. The molecule has 2 fully saturated rings. The highest BCUT2D eigenvalue weighted by Gasteiger charge is 2.43. The number of hydrogen-bond donors (Lipinski definition) is 1. The summed E-state index contributed by atoms with van der Waals surface area (Å²) in [6, 6.07) is 14.0. The summed E-state index contributed by atoms with van der Waals surface area (Å²) in [6.45, 7) is 3.59. The molecule has 1 saturated heterocycles. The molecule has 2 amide bonds. The maximum atomic E-state index is 12.9. The Morgan fingerprint density at radius 2 is 1.89 bits per heavy atom. The molecule has 5 nitrogen and oxygen atoms in total. The Balaban J connectivity index is 1.50. The van der Waals surface area contributed by atoms with Gasteiger partial charge in [0.2, 0.25) is 11.8 Å². The quantitative estimate of drug-likeness (QED) is 0.888. The number of likely N-dealkylation sites (tertiary alicyclic amines) is 1. The van der Waals surface area contributed by atoms with Crippen molar-refractivity contribution in [2.45, 2.75) is 32.2 Å². The fraction of sp³-hybridized carbons (Fsp3) is 0.409. The molecular weight excluding hydrogens is 338 g/mol.